The van der Waals surface area contributed by atoms with E-state index >= 15 is 0 Å². The van der Waals surface area contributed by atoms with E-state index < -0.39 is 5.97 Å². The Morgan fingerprint density at radius 2 is 2.45 bits per heavy atom. The quantitative estimate of drug-likeness (QED) is 0.750. The lowest BCUT2D eigenvalue weighted by atomic mass is 10.6. The number of carboxylic acid groups (broad SMARTS) is 1. The average molecular weight is 194 g/mol. The Bertz CT molecular complexity index is 329. The maximum atomic E-state index is 10.8. The molecular formula is C5H4ClNO3S. The molecule has 0 radical (unpaired) electrons. The summed E-state index contributed by atoms with van der Waals surface area (Å²) in [4.78, 5) is 20.6. The van der Waals surface area contributed by atoms with Gasteiger partial charge in [0.05, 0.1) is 0 Å². The smallest absolute Gasteiger partial charge is 0.323 e. The van der Waals surface area contributed by atoms with E-state index in [1.807, 2.05) is 0 Å². The Morgan fingerprint density at radius 1 is 1.82 bits per heavy atom. The fraction of sp³-hybridized carbons (Fsp3) is 0.200. The minimum atomic E-state index is -1.05. The van der Waals surface area contributed by atoms with E-state index in [2.05, 4.69) is 0 Å². The molecule has 0 aliphatic carbocycles. The number of aromatic nitrogens is 1. The van der Waals surface area contributed by atoms with Crippen molar-refractivity contribution in [1.82, 2.24) is 4.57 Å². The number of aliphatic carboxylic acids is 1. The highest BCUT2D eigenvalue weighted by Gasteiger charge is 2.04. The van der Waals surface area contributed by atoms with E-state index in [1.165, 1.54) is 6.20 Å². The van der Waals surface area contributed by atoms with Crippen LogP contribution in [0.2, 0.25) is 4.34 Å². The first-order valence-electron chi connectivity index (χ1n) is 2.67. The Hall–Kier alpha value is -0.810. The molecule has 1 N–H and O–H groups in total. The summed E-state index contributed by atoms with van der Waals surface area (Å²) in [5.74, 6) is -1.05. The highest BCUT2D eigenvalue weighted by Crippen LogP contribution is 2.09. The van der Waals surface area contributed by atoms with Gasteiger partial charge in [-0.15, -0.1) is 0 Å². The molecule has 0 amide bonds. The third-order valence-electron chi connectivity index (χ3n) is 0.982. The Balaban J connectivity index is 2.95. The molecule has 0 atom stereocenters. The van der Waals surface area contributed by atoms with Gasteiger partial charge in [-0.25, -0.2) is 0 Å². The van der Waals surface area contributed by atoms with Crippen molar-refractivity contribution in [3.63, 3.8) is 0 Å². The number of rotatable bonds is 2. The van der Waals surface area contributed by atoms with Gasteiger partial charge < -0.3 is 5.11 Å². The monoisotopic (exact) mass is 193 g/mol. The predicted molar refractivity (Wildman–Crippen MR) is 41.2 cm³/mol. The maximum absolute atomic E-state index is 10.8. The van der Waals surface area contributed by atoms with Gasteiger partial charge in [0.1, 0.15) is 10.9 Å². The van der Waals surface area contributed by atoms with Crippen LogP contribution in [-0.2, 0) is 11.3 Å². The van der Waals surface area contributed by atoms with Crippen molar-refractivity contribution in [2.45, 2.75) is 6.54 Å². The summed E-state index contributed by atoms with van der Waals surface area (Å²) >= 11 is 6.27. The summed E-state index contributed by atoms with van der Waals surface area (Å²) in [5.41, 5.74) is 0. The molecule has 1 aromatic rings. The summed E-state index contributed by atoms with van der Waals surface area (Å²) in [6.45, 7) is -0.331. The molecular weight excluding hydrogens is 190 g/mol. The van der Waals surface area contributed by atoms with Gasteiger partial charge in [-0.1, -0.05) is 22.9 Å². The Labute approximate surface area is 70.7 Å². The van der Waals surface area contributed by atoms with Crippen molar-refractivity contribution >= 4 is 28.9 Å². The van der Waals surface area contributed by atoms with Crippen molar-refractivity contribution < 1.29 is 9.90 Å². The van der Waals surface area contributed by atoms with Gasteiger partial charge in [-0.2, -0.15) is 0 Å². The number of nitrogens with zero attached hydrogens (tertiary/aromatic N) is 1. The van der Waals surface area contributed by atoms with Gasteiger partial charge >= 0.3 is 10.8 Å². The molecule has 0 aliphatic heterocycles. The van der Waals surface area contributed by atoms with Gasteiger partial charge in [0, 0.05) is 6.20 Å². The highest BCUT2D eigenvalue weighted by atomic mass is 35.5. The van der Waals surface area contributed by atoms with Crippen LogP contribution >= 0.6 is 22.9 Å². The summed E-state index contributed by atoms with van der Waals surface area (Å²) < 4.78 is 1.35. The molecule has 1 heterocycles. The third kappa shape index (κ3) is 2.06. The SMILES string of the molecule is O=C(O)Cn1cc(Cl)sc1=O. The molecule has 0 spiro atoms. The van der Waals surface area contributed by atoms with E-state index in [4.69, 9.17) is 16.7 Å². The van der Waals surface area contributed by atoms with Crippen LogP contribution in [0, 0.1) is 0 Å². The average Bonchev–Trinajstić information content (AvgIpc) is 2.09. The van der Waals surface area contributed by atoms with Crippen molar-refractivity contribution in [2.75, 3.05) is 0 Å². The Kier molecular flexibility index (Phi) is 2.31. The lowest BCUT2D eigenvalue weighted by Gasteiger charge is -1.91. The lowest BCUT2D eigenvalue weighted by molar-refractivity contribution is -0.137. The largest absolute Gasteiger partial charge is 0.480 e. The molecule has 0 fully saturated rings. The number of carboxylic acids is 1. The summed E-state index contributed by atoms with van der Waals surface area (Å²) in [5, 5.41) is 8.30. The van der Waals surface area contributed by atoms with E-state index in [0.29, 0.717) is 4.34 Å². The van der Waals surface area contributed by atoms with Crippen LogP contribution in [-0.4, -0.2) is 15.6 Å². The molecule has 0 bridgehead atoms. The first-order valence-corrected chi connectivity index (χ1v) is 3.86. The van der Waals surface area contributed by atoms with E-state index in [-0.39, 0.29) is 11.4 Å². The van der Waals surface area contributed by atoms with Crippen molar-refractivity contribution in [3.8, 4) is 0 Å². The van der Waals surface area contributed by atoms with Crippen LogP contribution in [0.5, 0.6) is 0 Å². The minimum absolute atomic E-state index is 0.302. The molecule has 0 aromatic carbocycles. The van der Waals surface area contributed by atoms with Crippen LogP contribution in [0.3, 0.4) is 0 Å². The van der Waals surface area contributed by atoms with Crippen LogP contribution in [0.4, 0.5) is 0 Å². The van der Waals surface area contributed by atoms with Crippen molar-refractivity contribution in [1.29, 1.82) is 0 Å². The second-order valence-corrected chi connectivity index (χ2v) is 3.45. The standard InChI is InChI=1S/C5H4ClNO3S/c6-3-1-7(2-4(8)9)5(10)11-3/h1H,2H2,(H,8,9). The zero-order valence-electron chi connectivity index (χ0n) is 5.28. The third-order valence-corrected chi connectivity index (χ3v) is 2.02. The summed E-state index contributed by atoms with van der Waals surface area (Å²) in [7, 11) is 0. The van der Waals surface area contributed by atoms with E-state index in [9.17, 15) is 9.59 Å². The molecule has 1 aromatic heterocycles. The molecule has 0 saturated carbocycles. The fourth-order valence-corrected chi connectivity index (χ4v) is 1.50. The number of hydrogen-bond acceptors (Lipinski definition) is 3. The highest BCUT2D eigenvalue weighted by molar-refractivity contribution is 7.13. The molecule has 0 unspecified atom stereocenters. The zero-order chi connectivity index (χ0) is 8.43. The van der Waals surface area contributed by atoms with Gasteiger partial charge in [-0.3, -0.25) is 14.2 Å². The van der Waals surface area contributed by atoms with Gasteiger partial charge in [-0.05, 0) is 0 Å². The van der Waals surface area contributed by atoms with Crippen molar-refractivity contribution in [2.24, 2.45) is 0 Å². The van der Waals surface area contributed by atoms with E-state index in [1.54, 1.807) is 0 Å². The van der Waals surface area contributed by atoms with Crippen LogP contribution < -0.4 is 4.87 Å². The predicted octanol–water partition coefficient (Wildman–Crippen LogP) is 0.648. The zero-order valence-corrected chi connectivity index (χ0v) is 6.85. The van der Waals surface area contributed by atoms with E-state index in [0.717, 1.165) is 15.9 Å². The molecule has 6 heteroatoms. The molecule has 0 aliphatic rings. The van der Waals surface area contributed by atoms with Crippen LogP contribution in [0.25, 0.3) is 0 Å². The molecule has 1 rings (SSSR count). The maximum Gasteiger partial charge on any atom is 0.323 e. The lowest BCUT2D eigenvalue weighted by Crippen LogP contribution is -2.17. The first kappa shape index (κ1) is 8.29. The van der Waals surface area contributed by atoms with Crippen LogP contribution in [0.15, 0.2) is 11.0 Å². The fourth-order valence-electron chi connectivity index (χ4n) is 0.600. The summed E-state index contributed by atoms with van der Waals surface area (Å²) in [6, 6.07) is 0. The molecule has 11 heavy (non-hydrogen) atoms. The molecule has 60 valence electrons. The summed E-state index contributed by atoms with van der Waals surface area (Å²) in [6.07, 6.45) is 1.31. The normalized spacial score (nSPS) is 9.91. The molecule has 0 saturated heterocycles. The topological polar surface area (TPSA) is 59.3 Å². The number of carbonyl (C=O) groups is 1. The second kappa shape index (κ2) is 3.06. The molecule has 4 nitrogen and oxygen atoms in total. The Morgan fingerprint density at radius 3 is 2.82 bits per heavy atom. The second-order valence-electron chi connectivity index (χ2n) is 1.82. The van der Waals surface area contributed by atoms with Crippen LogP contribution in [0.1, 0.15) is 0 Å². The minimum Gasteiger partial charge on any atom is -0.480 e. The van der Waals surface area contributed by atoms with Gasteiger partial charge in [0.15, 0.2) is 0 Å². The first-order chi connectivity index (χ1) is 5.09. The number of thiazole rings is 1. The number of halogens is 1. The van der Waals surface area contributed by atoms with Crippen molar-refractivity contribution in [3.05, 3.63) is 20.2 Å². The van der Waals surface area contributed by atoms with Gasteiger partial charge in [0.2, 0.25) is 0 Å². The van der Waals surface area contributed by atoms with Gasteiger partial charge in [0.25, 0.3) is 0 Å². The number of hydrogen-bond donors (Lipinski definition) is 1.